The Morgan fingerprint density at radius 1 is 1.07 bits per heavy atom. The molecule has 1 aromatic carbocycles. The second-order valence-electron chi connectivity index (χ2n) is 8.72. The fraction of sp³-hybridized carbons (Fsp3) is 0.600. The molecule has 6 nitrogen and oxygen atoms in total. The molecule has 3 rings (SSSR count). The van der Waals surface area contributed by atoms with Gasteiger partial charge in [-0.1, -0.05) is 25.0 Å². The summed E-state index contributed by atoms with van der Waals surface area (Å²) in [7, 11) is -3.69. The van der Waals surface area contributed by atoms with Gasteiger partial charge in [0.15, 0.2) is 0 Å². The average molecular weight is 393 g/mol. The highest BCUT2D eigenvalue weighted by Gasteiger charge is 2.47. The first-order valence-corrected chi connectivity index (χ1v) is 11.0. The quantitative estimate of drug-likeness (QED) is 0.799. The van der Waals surface area contributed by atoms with Crippen LogP contribution in [0.5, 0.6) is 0 Å². The summed E-state index contributed by atoms with van der Waals surface area (Å²) in [5.74, 6) is -0.602. The van der Waals surface area contributed by atoms with E-state index in [-0.39, 0.29) is 35.1 Å². The van der Waals surface area contributed by atoms with E-state index in [2.05, 4.69) is 4.72 Å². The Morgan fingerprint density at radius 3 is 2.15 bits per heavy atom. The number of likely N-dealkylation sites (tertiary alicyclic amines) is 1. The van der Waals surface area contributed by atoms with Gasteiger partial charge >= 0.3 is 0 Å². The van der Waals surface area contributed by atoms with Gasteiger partial charge in [-0.25, -0.2) is 13.1 Å². The SMILES string of the molecule is Cc1ccc(CN2C(=O)[C@H]3CCCC[C@H]3C2=O)cc1S(=O)(=O)NC(C)(C)C. The first-order valence-electron chi connectivity index (χ1n) is 9.48. The van der Waals surface area contributed by atoms with Crippen molar-refractivity contribution in [3.8, 4) is 0 Å². The van der Waals surface area contributed by atoms with Crippen LogP contribution in [-0.4, -0.2) is 30.7 Å². The van der Waals surface area contributed by atoms with Crippen LogP contribution in [0.2, 0.25) is 0 Å². The van der Waals surface area contributed by atoms with E-state index in [9.17, 15) is 18.0 Å². The molecule has 2 aliphatic rings. The minimum atomic E-state index is -3.69. The predicted octanol–water partition coefficient (Wildman–Crippen LogP) is 2.75. The minimum Gasteiger partial charge on any atom is -0.278 e. The summed E-state index contributed by atoms with van der Waals surface area (Å²) in [5.41, 5.74) is 0.677. The van der Waals surface area contributed by atoms with Gasteiger partial charge < -0.3 is 0 Å². The number of rotatable bonds is 4. The number of amides is 2. The van der Waals surface area contributed by atoms with Crippen molar-refractivity contribution in [2.24, 2.45) is 11.8 Å². The summed E-state index contributed by atoms with van der Waals surface area (Å²) >= 11 is 0. The normalized spacial score (nSPS) is 23.6. The Kier molecular flexibility index (Phi) is 5.20. The fourth-order valence-corrected chi connectivity index (χ4v) is 5.77. The standard InChI is InChI=1S/C20H28N2O4S/c1-13-9-10-14(11-17(13)27(25,26)21-20(2,3)4)12-22-18(23)15-7-5-6-8-16(15)19(22)24/h9-11,15-16,21H,5-8,12H2,1-4H3/t15-,16+. The molecule has 2 atom stereocenters. The molecule has 0 aromatic heterocycles. The Morgan fingerprint density at radius 2 is 1.63 bits per heavy atom. The van der Waals surface area contributed by atoms with Crippen LogP contribution in [0.1, 0.15) is 57.6 Å². The third-order valence-corrected chi connectivity index (χ3v) is 7.16. The van der Waals surface area contributed by atoms with Crippen molar-refractivity contribution in [1.82, 2.24) is 9.62 Å². The second-order valence-corrected chi connectivity index (χ2v) is 10.4. The molecule has 0 spiro atoms. The van der Waals surface area contributed by atoms with E-state index in [1.165, 1.54) is 4.90 Å². The Balaban J connectivity index is 1.87. The molecule has 1 saturated carbocycles. The molecule has 7 heteroatoms. The summed E-state index contributed by atoms with van der Waals surface area (Å²) in [6.45, 7) is 7.22. The topological polar surface area (TPSA) is 83.6 Å². The zero-order valence-corrected chi connectivity index (χ0v) is 17.2. The van der Waals surface area contributed by atoms with Crippen LogP contribution in [0.3, 0.4) is 0 Å². The Labute approximate surface area is 161 Å². The van der Waals surface area contributed by atoms with Crippen molar-refractivity contribution in [3.63, 3.8) is 0 Å². The number of sulfonamides is 1. The van der Waals surface area contributed by atoms with Crippen LogP contribution in [0.15, 0.2) is 23.1 Å². The predicted molar refractivity (Wildman–Crippen MR) is 102 cm³/mol. The maximum Gasteiger partial charge on any atom is 0.241 e. The first-order chi connectivity index (χ1) is 12.5. The highest BCUT2D eigenvalue weighted by molar-refractivity contribution is 7.89. The number of aryl methyl sites for hydroxylation is 1. The highest BCUT2D eigenvalue weighted by atomic mass is 32.2. The number of nitrogens with zero attached hydrogens (tertiary/aromatic N) is 1. The number of fused-ring (bicyclic) bond motifs is 1. The van der Waals surface area contributed by atoms with Crippen molar-refractivity contribution in [2.45, 2.75) is 70.4 Å². The van der Waals surface area contributed by atoms with Crippen molar-refractivity contribution in [1.29, 1.82) is 0 Å². The second kappa shape index (κ2) is 7.02. The smallest absolute Gasteiger partial charge is 0.241 e. The average Bonchev–Trinajstić information content (AvgIpc) is 2.80. The van der Waals surface area contributed by atoms with E-state index in [4.69, 9.17) is 0 Å². The van der Waals surface area contributed by atoms with Gasteiger partial charge in [-0.05, 0) is 57.7 Å². The molecule has 0 radical (unpaired) electrons. The summed E-state index contributed by atoms with van der Waals surface area (Å²) in [4.78, 5) is 26.8. The number of benzene rings is 1. The zero-order chi connectivity index (χ0) is 20.0. The van der Waals surface area contributed by atoms with Gasteiger partial charge in [0.25, 0.3) is 0 Å². The lowest BCUT2D eigenvalue weighted by molar-refractivity contribution is -0.140. The molecule has 2 amide bonds. The molecule has 1 saturated heterocycles. The fourth-order valence-electron chi connectivity index (χ4n) is 4.06. The van der Waals surface area contributed by atoms with Gasteiger partial charge in [0.1, 0.15) is 0 Å². The number of imide groups is 1. The maximum absolute atomic E-state index is 12.7. The Bertz CT molecular complexity index is 846. The van der Waals surface area contributed by atoms with E-state index in [1.54, 1.807) is 45.9 Å². The molecule has 0 unspecified atom stereocenters. The van der Waals surface area contributed by atoms with Gasteiger partial charge in [-0.3, -0.25) is 14.5 Å². The summed E-state index contributed by atoms with van der Waals surface area (Å²) in [6, 6.07) is 5.09. The van der Waals surface area contributed by atoms with E-state index in [0.717, 1.165) is 25.7 Å². The number of hydrogen-bond acceptors (Lipinski definition) is 4. The van der Waals surface area contributed by atoms with Crippen LogP contribution < -0.4 is 4.72 Å². The van der Waals surface area contributed by atoms with Crippen LogP contribution in [-0.2, 0) is 26.2 Å². The lowest BCUT2D eigenvalue weighted by atomic mass is 9.81. The van der Waals surface area contributed by atoms with E-state index >= 15 is 0 Å². The lowest BCUT2D eigenvalue weighted by Crippen LogP contribution is -2.40. The van der Waals surface area contributed by atoms with Crippen molar-refractivity contribution < 1.29 is 18.0 Å². The number of nitrogens with one attached hydrogen (secondary N) is 1. The summed E-state index contributed by atoms with van der Waals surface area (Å²) < 4.78 is 28.1. The molecule has 27 heavy (non-hydrogen) atoms. The van der Waals surface area contributed by atoms with E-state index < -0.39 is 15.6 Å². The van der Waals surface area contributed by atoms with Gasteiger partial charge in [-0.15, -0.1) is 0 Å². The van der Waals surface area contributed by atoms with E-state index in [0.29, 0.717) is 11.1 Å². The third-order valence-electron chi connectivity index (χ3n) is 5.26. The third kappa shape index (κ3) is 4.09. The van der Waals surface area contributed by atoms with Gasteiger partial charge in [-0.2, -0.15) is 0 Å². The number of hydrogen-bond donors (Lipinski definition) is 1. The molecule has 0 bridgehead atoms. The monoisotopic (exact) mass is 392 g/mol. The van der Waals surface area contributed by atoms with Gasteiger partial charge in [0.2, 0.25) is 21.8 Å². The Hall–Kier alpha value is -1.73. The molecule has 2 fully saturated rings. The molecular weight excluding hydrogens is 364 g/mol. The number of carbonyl (C=O) groups excluding carboxylic acids is 2. The summed E-state index contributed by atoms with van der Waals surface area (Å²) in [6.07, 6.45) is 3.52. The highest BCUT2D eigenvalue weighted by Crippen LogP contribution is 2.38. The molecular formula is C20H28N2O4S. The first kappa shape index (κ1) is 20.0. The number of carbonyl (C=O) groups is 2. The zero-order valence-electron chi connectivity index (χ0n) is 16.4. The minimum absolute atomic E-state index is 0.109. The summed E-state index contributed by atoms with van der Waals surface area (Å²) in [5, 5.41) is 0. The van der Waals surface area contributed by atoms with Crippen LogP contribution in [0.25, 0.3) is 0 Å². The van der Waals surface area contributed by atoms with Crippen LogP contribution in [0.4, 0.5) is 0 Å². The molecule has 1 aliphatic carbocycles. The molecule has 1 aromatic rings. The van der Waals surface area contributed by atoms with Gasteiger partial charge in [0.05, 0.1) is 23.3 Å². The molecule has 1 heterocycles. The van der Waals surface area contributed by atoms with Crippen molar-refractivity contribution in [2.75, 3.05) is 0 Å². The molecule has 148 valence electrons. The van der Waals surface area contributed by atoms with Crippen LogP contribution >= 0.6 is 0 Å². The lowest BCUT2D eigenvalue weighted by Gasteiger charge is -2.22. The van der Waals surface area contributed by atoms with Crippen molar-refractivity contribution in [3.05, 3.63) is 29.3 Å². The van der Waals surface area contributed by atoms with E-state index in [1.807, 2.05) is 0 Å². The van der Waals surface area contributed by atoms with Crippen molar-refractivity contribution >= 4 is 21.8 Å². The largest absolute Gasteiger partial charge is 0.278 e. The van der Waals surface area contributed by atoms with Gasteiger partial charge in [0, 0.05) is 5.54 Å². The maximum atomic E-state index is 12.7. The van der Waals surface area contributed by atoms with Crippen LogP contribution in [0, 0.1) is 18.8 Å². The molecule has 1 aliphatic heterocycles. The molecule has 1 N–H and O–H groups in total.